The van der Waals surface area contributed by atoms with Crippen LogP contribution in [0.15, 0.2) is 42.7 Å². The minimum atomic E-state index is -0.199. The zero-order valence-corrected chi connectivity index (χ0v) is 14.2. The third-order valence-electron chi connectivity index (χ3n) is 3.50. The van der Waals surface area contributed by atoms with E-state index in [9.17, 15) is 9.59 Å². The highest BCUT2D eigenvalue weighted by Crippen LogP contribution is 2.23. The maximum atomic E-state index is 12.6. The van der Waals surface area contributed by atoms with Crippen molar-refractivity contribution >= 4 is 23.2 Å². The molecule has 0 spiro atoms. The Kier molecular flexibility index (Phi) is 5.89. The van der Waals surface area contributed by atoms with Crippen LogP contribution in [0.2, 0.25) is 0 Å². The van der Waals surface area contributed by atoms with E-state index in [2.05, 4.69) is 15.6 Å². The maximum absolute atomic E-state index is 12.6. The SMILES string of the molecule is CCC(=O)Nc1ccc(N(C)C)c(C(=O)NCc2cccnc2)c1. The molecule has 1 aromatic carbocycles. The van der Waals surface area contributed by atoms with Crippen molar-refractivity contribution in [2.45, 2.75) is 19.9 Å². The highest BCUT2D eigenvalue weighted by atomic mass is 16.2. The van der Waals surface area contributed by atoms with Gasteiger partial charge in [-0.25, -0.2) is 0 Å². The predicted octanol–water partition coefficient (Wildman–Crippen LogP) is 2.43. The van der Waals surface area contributed by atoms with Gasteiger partial charge in [0.25, 0.3) is 5.91 Å². The van der Waals surface area contributed by atoms with Gasteiger partial charge in [-0.15, -0.1) is 0 Å². The van der Waals surface area contributed by atoms with Crippen molar-refractivity contribution in [3.63, 3.8) is 0 Å². The molecule has 0 aliphatic heterocycles. The van der Waals surface area contributed by atoms with Crippen LogP contribution in [0, 0.1) is 0 Å². The van der Waals surface area contributed by atoms with Crippen molar-refractivity contribution in [2.75, 3.05) is 24.3 Å². The summed E-state index contributed by atoms with van der Waals surface area (Å²) in [5.41, 5.74) is 2.83. The molecular formula is C18H22N4O2. The number of nitrogens with one attached hydrogen (secondary N) is 2. The summed E-state index contributed by atoms with van der Waals surface area (Å²) in [6, 6.07) is 9.04. The van der Waals surface area contributed by atoms with Crippen LogP contribution >= 0.6 is 0 Å². The third-order valence-corrected chi connectivity index (χ3v) is 3.50. The zero-order valence-electron chi connectivity index (χ0n) is 14.2. The number of amides is 2. The van der Waals surface area contributed by atoms with Crippen LogP contribution in [0.5, 0.6) is 0 Å². The largest absolute Gasteiger partial charge is 0.377 e. The van der Waals surface area contributed by atoms with Crippen molar-refractivity contribution in [1.82, 2.24) is 10.3 Å². The van der Waals surface area contributed by atoms with Gasteiger partial charge in [-0.05, 0) is 29.8 Å². The molecule has 1 aromatic heterocycles. The Morgan fingerprint density at radius 1 is 1.21 bits per heavy atom. The van der Waals surface area contributed by atoms with Crippen molar-refractivity contribution in [3.8, 4) is 0 Å². The molecule has 126 valence electrons. The molecule has 2 aromatic rings. The Bertz CT molecular complexity index is 714. The number of nitrogens with zero attached hydrogens (tertiary/aromatic N) is 2. The maximum Gasteiger partial charge on any atom is 0.253 e. The number of benzene rings is 1. The second kappa shape index (κ2) is 8.10. The van der Waals surface area contributed by atoms with Gasteiger partial charge in [0.1, 0.15) is 0 Å². The highest BCUT2D eigenvalue weighted by Gasteiger charge is 2.14. The summed E-state index contributed by atoms with van der Waals surface area (Å²) in [7, 11) is 3.75. The van der Waals surface area contributed by atoms with E-state index < -0.39 is 0 Å². The van der Waals surface area contributed by atoms with Crippen molar-refractivity contribution in [1.29, 1.82) is 0 Å². The van der Waals surface area contributed by atoms with Gasteiger partial charge in [0.05, 0.1) is 5.56 Å². The lowest BCUT2D eigenvalue weighted by Gasteiger charge is -2.18. The van der Waals surface area contributed by atoms with Crippen LogP contribution in [0.25, 0.3) is 0 Å². The minimum absolute atomic E-state index is 0.0886. The topological polar surface area (TPSA) is 74.3 Å². The lowest BCUT2D eigenvalue weighted by Crippen LogP contribution is -2.25. The molecule has 0 radical (unpaired) electrons. The van der Waals surface area contributed by atoms with Crippen LogP contribution in [0.3, 0.4) is 0 Å². The molecule has 1 heterocycles. The van der Waals surface area contributed by atoms with Gasteiger partial charge < -0.3 is 15.5 Å². The number of hydrogen-bond donors (Lipinski definition) is 2. The Morgan fingerprint density at radius 3 is 2.62 bits per heavy atom. The van der Waals surface area contributed by atoms with Crippen molar-refractivity contribution in [2.24, 2.45) is 0 Å². The monoisotopic (exact) mass is 326 g/mol. The fraction of sp³-hybridized carbons (Fsp3) is 0.278. The van der Waals surface area contributed by atoms with Gasteiger partial charge in [-0.2, -0.15) is 0 Å². The second-order valence-corrected chi connectivity index (χ2v) is 5.57. The molecule has 2 rings (SSSR count). The molecule has 0 aliphatic carbocycles. The summed E-state index contributed by atoms with van der Waals surface area (Å²) in [5, 5.41) is 5.67. The molecule has 6 heteroatoms. The van der Waals surface area contributed by atoms with Gasteiger partial charge in [-0.3, -0.25) is 14.6 Å². The number of pyridine rings is 1. The highest BCUT2D eigenvalue weighted by molar-refractivity contribution is 6.02. The molecule has 0 bridgehead atoms. The van der Waals surface area contributed by atoms with E-state index in [0.717, 1.165) is 11.3 Å². The first kappa shape index (κ1) is 17.5. The van der Waals surface area contributed by atoms with E-state index in [4.69, 9.17) is 0 Å². The molecule has 24 heavy (non-hydrogen) atoms. The zero-order chi connectivity index (χ0) is 17.5. The number of carbonyl (C=O) groups excluding carboxylic acids is 2. The molecule has 0 atom stereocenters. The first-order valence-electron chi connectivity index (χ1n) is 7.79. The first-order valence-corrected chi connectivity index (χ1v) is 7.79. The lowest BCUT2D eigenvalue weighted by atomic mass is 10.1. The number of carbonyl (C=O) groups is 2. The summed E-state index contributed by atoms with van der Waals surface area (Å²) in [6.07, 6.45) is 3.79. The molecule has 0 fully saturated rings. The Balaban J connectivity index is 2.19. The van der Waals surface area contributed by atoms with E-state index in [-0.39, 0.29) is 11.8 Å². The van der Waals surface area contributed by atoms with E-state index in [1.807, 2.05) is 37.2 Å². The minimum Gasteiger partial charge on any atom is -0.377 e. The summed E-state index contributed by atoms with van der Waals surface area (Å²) >= 11 is 0. The fourth-order valence-corrected chi connectivity index (χ4v) is 2.22. The number of rotatable bonds is 6. The van der Waals surface area contributed by atoms with Gasteiger partial charge in [0.15, 0.2) is 0 Å². The molecule has 0 aliphatic rings. The first-order chi connectivity index (χ1) is 11.5. The predicted molar refractivity (Wildman–Crippen MR) is 95.1 cm³/mol. The Labute approximate surface area is 141 Å². The third kappa shape index (κ3) is 4.55. The van der Waals surface area contributed by atoms with Gasteiger partial charge in [0.2, 0.25) is 5.91 Å². The van der Waals surface area contributed by atoms with Crippen LogP contribution < -0.4 is 15.5 Å². The molecular weight excluding hydrogens is 304 g/mol. The quantitative estimate of drug-likeness (QED) is 0.855. The summed E-state index contributed by atoms with van der Waals surface area (Å²) in [4.78, 5) is 30.0. The van der Waals surface area contributed by atoms with E-state index in [1.165, 1.54) is 0 Å². The van der Waals surface area contributed by atoms with E-state index in [0.29, 0.717) is 24.2 Å². The smallest absolute Gasteiger partial charge is 0.253 e. The molecule has 2 amide bonds. The van der Waals surface area contributed by atoms with E-state index >= 15 is 0 Å². The van der Waals surface area contributed by atoms with E-state index in [1.54, 1.807) is 31.5 Å². The van der Waals surface area contributed by atoms with Crippen LogP contribution in [0.1, 0.15) is 29.3 Å². The number of anilines is 2. The molecule has 0 unspecified atom stereocenters. The van der Waals surface area contributed by atoms with Gasteiger partial charge in [-0.1, -0.05) is 13.0 Å². The van der Waals surface area contributed by atoms with Crippen molar-refractivity contribution in [3.05, 3.63) is 53.9 Å². The van der Waals surface area contributed by atoms with Gasteiger partial charge >= 0.3 is 0 Å². The van der Waals surface area contributed by atoms with Gasteiger partial charge in [0, 0.05) is 50.8 Å². The molecule has 0 saturated heterocycles. The summed E-state index contributed by atoms with van der Waals surface area (Å²) in [6.45, 7) is 2.18. The van der Waals surface area contributed by atoms with Crippen LogP contribution in [-0.2, 0) is 11.3 Å². The van der Waals surface area contributed by atoms with Crippen LogP contribution in [-0.4, -0.2) is 30.9 Å². The van der Waals surface area contributed by atoms with Crippen LogP contribution in [0.4, 0.5) is 11.4 Å². The molecule has 0 saturated carbocycles. The normalized spacial score (nSPS) is 10.1. The van der Waals surface area contributed by atoms with Crippen molar-refractivity contribution < 1.29 is 9.59 Å². The second-order valence-electron chi connectivity index (χ2n) is 5.57. The number of aromatic nitrogens is 1. The Hall–Kier alpha value is -2.89. The fourth-order valence-electron chi connectivity index (χ4n) is 2.22. The molecule has 2 N–H and O–H groups in total. The average molecular weight is 326 g/mol. The lowest BCUT2D eigenvalue weighted by molar-refractivity contribution is -0.115. The average Bonchev–Trinajstić information content (AvgIpc) is 2.60. The Morgan fingerprint density at radius 2 is 2.00 bits per heavy atom. The standard InChI is InChI=1S/C18H22N4O2/c1-4-17(23)21-14-7-8-16(22(2)3)15(10-14)18(24)20-12-13-6-5-9-19-11-13/h5-11H,4,12H2,1-3H3,(H,20,24)(H,21,23). The summed E-state index contributed by atoms with van der Waals surface area (Å²) < 4.78 is 0. The molecule has 6 nitrogen and oxygen atoms in total. The summed E-state index contributed by atoms with van der Waals surface area (Å²) in [5.74, 6) is -0.288. The number of hydrogen-bond acceptors (Lipinski definition) is 4.